The summed E-state index contributed by atoms with van der Waals surface area (Å²) in [6.45, 7) is 14.2. The van der Waals surface area contributed by atoms with Crippen molar-refractivity contribution in [1.29, 1.82) is 0 Å². The van der Waals surface area contributed by atoms with E-state index in [0.717, 1.165) is 18.8 Å². The van der Waals surface area contributed by atoms with E-state index in [1.165, 1.54) is 38.5 Å². The molecule has 1 N–H and O–H groups in total. The van der Waals surface area contributed by atoms with E-state index in [2.05, 4.69) is 47.6 Å². The summed E-state index contributed by atoms with van der Waals surface area (Å²) >= 11 is 0. The molecule has 1 fully saturated rings. The zero-order valence-electron chi connectivity index (χ0n) is 17.3. The minimum Gasteiger partial charge on any atom is -0.390 e. The standard InChI is InChI=1S/C24H38O/c1-7-16-8-10-18-17-9-11-20-21(2,3)24(6,25)15-14-23(20,5)19(17)12-13-22(16,18)4/h10,16,20,25H,7-9,11-15H2,1-6H3/t16-,20-,22+,23+,24-/m0/s1. The van der Waals surface area contributed by atoms with Gasteiger partial charge in [-0.05, 0) is 91.1 Å². The summed E-state index contributed by atoms with van der Waals surface area (Å²) in [6, 6.07) is 0. The van der Waals surface area contributed by atoms with Crippen LogP contribution in [0, 0.1) is 28.1 Å². The third kappa shape index (κ3) is 2.11. The molecule has 0 bridgehead atoms. The Balaban J connectivity index is 1.78. The van der Waals surface area contributed by atoms with Gasteiger partial charge in [0.2, 0.25) is 0 Å². The molecule has 0 aromatic rings. The minimum absolute atomic E-state index is 0.00467. The summed E-state index contributed by atoms with van der Waals surface area (Å²) in [7, 11) is 0. The average Bonchev–Trinajstić information content (AvgIpc) is 2.88. The zero-order valence-corrected chi connectivity index (χ0v) is 17.3. The number of rotatable bonds is 1. The lowest BCUT2D eigenvalue weighted by molar-refractivity contribution is -0.156. The summed E-state index contributed by atoms with van der Waals surface area (Å²) in [5.74, 6) is 1.46. The van der Waals surface area contributed by atoms with Crippen LogP contribution in [0.5, 0.6) is 0 Å². The third-order valence-electron chi connectivity index (χ3n) is 9.73. The van der Waals surface area contributed by atoms with Crippen molar-refractivity contribution >= 4 is 0 Å². The van der Waals surface area contributed by atoms with Crippen LogP contribution >= 0.6 is 0 Å². The van der Waals surface area contributed by atoms with E-state index in [1.807, 2.05) is 0 Å². The van der Waals surface area contributed by atoms with Gasteiger partial charge in [0.05, 0.1) is 5.60 Å². The maximum atomic E-state index is 11.1. The third-order valence-corrected chi connectivity index (χ3v) is 9.73. The Hall–Kier alpha value is -0.560. The Kier molecular flexibility index (Phi) is 3.74. The molecule has 0 aromatic heterocycles. The quantitative estimate of drug-likeness (QED) is 0.582. The molecule has 1 heteroatoms. The molecule has 1 nitrogen and oxygen atoms in total. The van der Waals surface area contributed by atoms with Crippen LogP contribution in [0.4, 0.5) is 0 Å². The molecule has 1 saturated carbocycles. The van der Waals surface area contributed by atoms with Crippen molar-refractivity contribution in [1.82, 2.24) is 0 Å². The zero-order chi connectivity index (χ0) is 18.3. The average molecular weight is 343 g/mol. The molecule has 0 aliphatic heterocycles. The normalized spacial score (nSPS) is 48.5. The Morgan fingerprint density at radius 2 is 1.72 bits per heavy atom. The molecule has 5 atom stereocenters. The van der Waals surface area contributed by atoms with Crippen LogP contribution in [0.15, 0.2) is 22.8 Å². The van der Waals surface area contributed by atoms with Crippen molar-refractivity contribution in [2.45, 2.75) is 98.5 Å². The Morgan fingerprint density at radius 1 is 1.00 bits per heavy atom. The van der Waals surface area contributed by atoms with E-state index in [0.29, 0.717) is 16.7 Å². The van der Waals surface area contributed by atoms with Crippen LogP contribution in [-0.2, 0) is 0 Å². The van der Waals surface area contributed by atoms with Crippen LogP contribution in [-0.4, -0.2) is 10.7 Å². The van der Waals surface area contributed by atoms with Gasteiger partial charge >= 0.3 is 0 Å². The first kappa shape index (κ1) is 17.8. The second-order valence-electron chi connectivity index (χ2n) is 10.8. The molecule has 0 unspecified atom stereocenters. The minimum atomic E-state index is -0.529. The molecule has 0 saturated heterocycles. The van der Waals surface area contributed by atoms with Crippen LogP contribution in [0.2, 0.25) is 0 Å². The highest BCUT2D eigenvalue weighted by atomic mass is 16.3. The highest BCUT2D eigenvalue weighted by molar-refractivity contribution is 5.49. The van der Waals surface area contributed by atoms with Gasteiger partial charge in [-0.15, -0.1) is 0 Å². The second-order valence-corrected chi connectivity index (χ2v) is 10.8. The second kappa shape index (κ2) is 5.24. The first-order valence-corrected chi connectivity index (χ1v) is 10.7. The van der Waals surface area contributed by atoms with Crippen molar-refractivity contribution in [3.63, 3.8) is 0 Å². The highest BCUT2D eigenvalue weighted by Gasteiger charge is 2.60. The van der Waals surface area contributed by atoms with E-state index in [4.69, 9.17) is 0 Å². The topological polar surface area (TPSA) is 20.2 Å². The lowest BCUT2D eigenvalue weighted by atomic mass is 9.44. The van der Waals surface area contributed by atoms with Crippen LogP contribution < -0.4 is 0 Å². The number of hydrogen-bond acceptors (Lipinski definition) is 1. The fraction of sp³-hybridized carbons (Fsp3) is 0.833. The molecule has 0 heterocycles. The van der Waals surface area contributed by atoms with Gasteiger partial charge in [0, 0.05) is 0 Å². The van der Waals surface area contributed by atoms with Gasteiger partial charge in [0.15, 0.2) is 0 Å². The van der Waals surface area contributed by atoms with E-state index >= 15 is 0 Å². The number of hydrogen-bond donors (Lipinski definition) is 1. The summed E-state index contributed by atoms with van der Waals surface area (Å²) in [5.41, 5.74) is 5.47. The van der Waals surface area contributed by atoms with Gasteiger partial charge in [-0.25, -0.2) is 0 Å². The van der Waals surface area contributed by atoms with Gasteiger partial charge in [-0.1, -0.05) is 52.7 Å². The first-order valence-electron chi connectivity index (χ1n) is 10.7. The lowest BCUT2D eigenvalue weighted by Gasteiger charge is -2.62. The molecular weight excluding hydrogens is 304 g/mol. The monoisotopic (exact) mass is 342 g/mol. The van der Waals surface area contributed by atoms with Crippen LogP contribution in [0.25, 0.3) is 0 Å². The van der Waals surface area contributed by atoms with Gasteiger partial charge in [-0.3, -0.25) is 0 Å². The largest absolute Gasteiger partial charge is 0.390 e. The molecular formula is C24H38O. The molecule has 4 rings (SSSR count). The molecule has 0 aromatic carbocycles. The SMILES string of the molecule is CC[C@H]1CC=C2C3=C(CC[C@@]21C)[C@@]1(C)CC[C@](C)(O)C(C)(C)[C@@H]1CC3. The van der Waals surface area contributed by atoms with Gasteiger partial charge in [-0.2, -0.15) is 0 Å². The number of allylic oxidation sites excluding steroid dienone is 4. The van der Waals surface area contributed by atoms with Crippen LogP contribution in [0.1, 0.15) is 92.9 Å². The lowest BCUT2D eigenvalue weighted by Crippen LogP contribution is -2.58. The molecule has 25 heavy (non-hydrogen) atoms. The van der Waals surface area contributed by atoms with Gasteiger partial charge in [0.1, 0.15) is 0 Å². The van der Waals surface area contributed by atoms with Gasteiger partial charge < -0.3 is 5.11 Å². The fourth-order valence-corrected chi connectivity index (χ4v) is 7.51. The summed E-state index contributed by atoms with van der Waals surface area (Å²) in [6.07, 6.45) is 12.5. The molecule has 4 aliphatic carbocycles. The summed E-state index contributed by atoms with van der Waals surface area (Å²) in [4.78, 5) is 0. The van der Waals surface area contributed by atoms with E-state index in [-0.39, 0.29) is 5.41 Å². The maximum absolute atomic E-state index is 11.1. The van der Waals surface area contributed by atoms with E-state index in [9.17, 15) is 5.11 Å². The van der Waals surface area contributed by atoms with Crippen molar-refractivity contribution in [2.24, 2.45) is 28.1 Å². The van der Waals surface area contributed by atoms with Crippen molar-refractivity contribution in [3.8, 4) is 0 Å². The Labute approximate surface area is 155 Å². The predicted octanol–water partition coefficient (Wildman–Crippen LogP) is 6.43. The van der Waals surface area contributed by atoms with Gasteiger partial charge in [0.25, 0.3) is 0 Å². The van der Waals surface area contributed by atoms with Crippen LogP contribution in [0.3, 0.4) is 0 Å². The fourth-order valence-electron chi connectivity index (χ4n) is 7.51. The molecule has 140 valence electrons. The summed E-state index contributed by atoms with van der Waals surface area (Å²) in [5, 5.41) is 11.1. The van der Waals surface area contributed by atoms with Crippen molar-refractivity contribution in [2.75, 3.05) is 0 Å². The molecule has 4 aliphatic rings. The number of aliphatic hydroxyl groups is 1. The Morgan fingerprint density at radius 3 is 2.40 bits per heavy atom. The van der Waals surface area contributed by atoms with Crippen molar-refractivity contribution in [3.05, 3.63) is 22.8 Å². The predicted molar refractivity (Wildman–Crippen MR) is 105 cm³/mol. The maximum Gasteiger partial charge on any atom is 0.0673 e. The molecule has 0 amide bonds. The van der Waals surface area contributed by atoms with Crippen molar-refractivity contribution < 1.29 is 5.11 Å². The van der Waals surface area contributed by atoms with E-state index < -0.39 is 5.60 Å². The molecule has 0 radical (unpaired) electrons. The highest BCUT2D eigenvalue weighted by Crippen LogP contribution is 2.67. The smallest absolute Gasteiger partial charge is 0.0673 e. The first-order chi connectivity index (χ1) is 11.6. The summed E-state index contributed by atoms with van der Waals surface area (Å²) < 4.78 is 0. The number of fused-ring (bicyclic) bond motifs is 4. The molecule has 0 spiro atoms. The Bertz CT molecular complexity index is 649. The van der Waals surface area contributed by atoms with E-state index in [1.54, 1.807) is 16.7 Å².